The van der Waals surface area contributed by atoms with E-state index in [2.05, 4.69) is 33.2 Å². The molecule has 3 aromatic rings. The molecule has 160 valence electrons. The first-order valence-electron chi connectivity index (χ1n) is 10.6. The highest BCUT2D eigenvalue weighted by molar-refractivity contribution is 5.23. The first-order chi connectivity index (χ1) is 15.1. The van der Waals surface area contributed by atoms with Gasteiger partial charge in [-0.3, -0.25) is 0 Å². The molecule has 2 heterocycles. The van der Waals surface area contributed by atoms with Crippen LogP contribution in [0, 0.1) is 17.1 Å². The van der Waals surface area contributed by atoms with Crippen LogP contribution in [0.5, 0.6) is 0 Å². The molecule has 31 heavy (non-hydrogen) atoms. The van der Waals surface area contributed by atoms with Crippen molar-refractivity contribution in [2.24, 2.45) is 5.73 Å². The number of piperidine rings is 1. The van der Waals surface area contributed by atoms with Crippen molar-refractivity contribution in [1.29, 1.82) is 5.26 Å². The second kappa shape index (κ2) is 9.38. The van der Waals surface area contributed by atoms with E-state index < -0.39 is 5.41 Å². The topological polar surface area (TPSA) is 92.0 Å². The van der Waals surface area contributed by atoms with Gasteiger partial charge in [0.25, 0.3) is 0 Å². The third kappa shape index (κ3) is 4.98. The zero-order valence-corrected chi connectivity index (χ0v) is 17.4. The highest BCUT2D eigenvalue weighted by Gasteiger charge is 2.41. The molecule has 2 aromatic carbocycles. The van der Waals surface area contributed by atoms with E-state index in [4.69, 9.17) is 10.3 Å². The minimum atomic E-state index is -0.758. The van der Waals surface area contributed by atoms with Crippen LogP contribution in [-0.2, 0) is 11.8 Å². The Bertz CT molecular complexity index is 1020. The van der Waals surface area contributed by atoms with E-state index in [1.807, 2.05) is 18.2 Å². The van der Waals surface area contributed by atoms with Gasteiger partial charge in [-0.05, 0) is 49.1 Å². The molecule has 1 atom stereocenters. The molecule has 6 nitrogen and oxygen atoms in total. The number of nitriles is 1. The average molecular weight is 420 g/mol. The Morgan fingerprint density at radius 3 is 2.52 bits per heavy atom. The van der Waals surface area contributed by atoms with Gasteiger partial charge in [-0.15, -0.1) is 0 Å². The molecule has 7 heteroatoms. The molecule has 2 N–H and O–H groups in total. The molecular weight excluding hydrogens is 393 g/mol. The first kappa shape index (κ1) is 21.2. The lowest BCUT2D eigenvalue weighted by atomic mass is 9.79. The van der Waals surface area contributed by atoms with E-state index in [0.29, 0.717) is 31.0 Å². The molecule has 0 spiro atoms. The molecule has 0 radical (unpaired) electrons. The van der Waals surface area contributed by atoms with Crippen molar-refractivity contribution in [3.63, 3.8) is 0 Å². The van der Waals surface area contributed by atoms with Crippen LogP contribution in [0.2, 0.25) is 0 Å². The summed E-state index contributed by atoms with van der Waals surface area (Å²) in [5.74, 6) is 0.609. The molecule has 0 saturated carbocycles. The number of rotatable bonds is 7. The molecule has 0 amide bonds. The molecule has 0 bridgehead atoms. The van der Waals surface area contributed by atoms with E-state index in [1.165, 1.54) is 12.1 Å². The number of halogens is 1. The molecule has 0 aliphatic carbocycles. The molecule has 4 rings (SSSR count). The summed E-state index contributed by atoms with van der Waals surface area (Å²) in [6.45, 7) is 2.45. The second-order valence-corrected chi connectivity index (χ2v) is 8.16. The number of likely N-dealkylation sites (tertiary alicyclic amines) is 1. The summed E-state index contributed by atoms with van der Waals surface area (Å²) in [4.78, 5) is 6.84. The Hall–Kier alpha value is -3.08. The minimum absolute atomic E-state index is 0.00816. The number of hydrogen-bond donors (Lipinski definition) is 1. The molecule has 1 aliphatic heterocycles. The van der Waals surface area contributed by atoms with Gasteiger partial charge in [0.2, 0.25) is 5.89 Å². The molecule has 1 fully saturated rings. The van der Waals surface area contributed by atoms with Crippen LogP contribution < -0.4 is 5.73 Å². The predicted octanol–water partition coefficient (Wildman–Crippen LogP) is 3.75. The number of aromatic nitrogens is 2. The summed E-state index contributed by atoms with van der Waals surface area (Å²) in [5.41, 5.74) is 7.60. The van der Waals surface area contributed by atoms with Crippen LogP contribution in [0.25, 0.3) is 0 Å². The van der Waals surface area contributed by atoms with E-state index >= 15 is 0 Å². The fourth-order valence-electron chi connectivity index (χ4n) is 4.03. The van der Waals surface area contributed by atoms with Gasteiger partial charge in [0.15, 0.2) is 5.82 Å². The Balaban J connectivity index is 1.34. The van der Waals surface area contributed by atoms with Crippen molar-refractivity contribution in [3.8, 4) is 6.07 Å². The third-order valence-corrected chi connectivity index (χ3v) is 6.06. The summed E-state index contributed by atoms with van der Waals surface area (Å²) in [6, 6.07) is 18.8. The Morgan fingerprint density at radius 2 is 1.84 bits per heavy atom. The standard InChI is InChI=1S/C24H26FN5O/c25-20-8-6-18(7-9-20)16-22-28-23(31-29-22)24(17-26)11-14-30(15-12-24)13-10-21(27)19-4-2-1-3-5-19/h1-9,21H,10-16,27H2/t21-/m0/s1. The largest absolute Gasteiger partial charge is 0.338 e. The van der Waals surface area contributed by atoms with Crippen molar-refractivity contribution < 1.29 is 8.91 Å². The van der Waals surface area contributed by atoms with Crippen molar-refractivity contribution in [3.05, 3.63) is 83.3 Å². The summed E-state index contributed by atoms with van der Waals surface area (Å²) in [7, 11) is 0. The molecule has 1 saturated heterocycles. The van der Waals surface area contributed by atoms with Gasteiger partial charge < -0.3 is 15.2 Å². The van der Waals surface area contributed by atoms with Gasteiger partial charge in [0, 0.05) is 25.6 Å². The Labute approximate surface area is 181 Å². The fourth-order valence-corrected chi connectivity index (χ4v) is 4.03. The smallest absolute Gasteiger partial charge is 0.247 e. The molecular formula is C24H26FN5O. The summed E-state index contributed by atoms with van der Waals surface area (Å²) in [6.07, 6.45) is 2.59. The SMILES string of the molecule is N#CC1(c2nc(Cc3ccc(F)cc3)no2)CCN(CC[C@H](N)c2ccccc2)CC1. The highest BCUT2D eigenvalue weighted by Crippen LogP contribution is 2.34. The van der Waals surface area contributed by atoms with E-state index in [9.17, 15) is 9.65 Å². The average Bonchev–Trinajstić information content (AvgIpc) is 3.29. The van der Waals surface area contributed by atoms with E-state index in [1.54, 1.807) is 12.1 Å². The maximum atomic E-state index is 13.1. The van der Waals surface area contributed by atoms with E-state index in [0.717, 1.165) is 37.2 Å². The highest BCUT2D eigenvalue weighted by atomic mass is 19.1. The van der Waals surface area contributed by atoms with Crippen LogP contribution in [0.1, 0.15) is 48.1 Å². The third-order valence-electron chi connectivity index (χ3n) is 6.06. The van der Waals surface area contributed by atoms with Gasteiger partial charge in [-0.25, -0.2) is 4.39 Å². The van der Waals surface area contributed by atoms with Crippen molar-refractivity contribution >= 4 is 0 Å². The van der Waals surface area contributed by atoms with Crippen LogP contribution in [-0.4, -0.2) is 34.7 Å². The molecule has 1 aromatic heterocycles. The fraction of sp³-hybridized carbons (Fsp3) is 0.375. The molecule has 0 unspecified atom stereocenters. The quantitative estimate of drug-likeness (QED) is 0.627. The van der Waals surface area contributed by atoms with Crippen molar-refractivity contribution in [2.75, 3.05) is 19.6 Å². The lowest BCUT2D eigenvalue weighted by Gasteiger charge is -2.35. The van der Waals surface area contributed by atoms with Crippen molar-refractivity contribution in [2.45, 2.75) is 37.1 Å². The van der Waals surface area contributed by atoms with Crippen LogP contribution >= 0.6 is 0 Å². The minimum Gasteiger partial charge on any atom is -0.338 e. The van der Waals surface area contributed by atoms with Crippen molar-refractivity contribution in [1.82, 2.24) is 15.0 Å². The summed E-state index contributed by atoms with van der Waals surface area (Å²) >= 11 is 0. The predicted molar refractivity (Wildman–Crippen MR) is 114 cm³/mol. The summed E-state index contributed by atoms with van der Waals surface area (Å²) in [5, 5.41) is 14.0. The molecule has 1 aliphatic rings. The number of nitrogens with zero attached hydrogens (tertiary/aromatic N) is 4. The normalized spacial score (nSPS) is 17.2. The van der Waals surface area contributed by atoms with Gasteiger partial charge >= 0.3 is 0 Å². The van der Waals surface area contributed by atoms with Gasteiger partial charge in [-0.2, -0.15) is 10.2 Å². The second-order valence-electron chi connectivity index (χ2n) is 8.16. The monoisotopic (exact) mass is 419 g/mol. The lowest BCUT2D eigenvalue weighted by Crippen LogP contribution is -2.43. The van der Waals surface area contributed by atoms with Gasteiger partial charge in [0.1, 0.15) is 11.2 Å². The summed E-state index contributed by atoms with van der Waals surface area (Å²) < 4.78 is 18.6. The maximum Gasteiger partial charge on any atom is 0.247 e. The van der Waals surface area contributed by atoms with Gasteiger partial charge in [0.05, 0.1) is 6.07 Å². The first-order valence-corrected chi connectivity index (χ1v) is 10.6. The van der Waals surface area contributed by atoms with E-state index in [-0.39, 0.29) is 11.9 Å². The number of hydrogen-bond acceptors (Lipinski definition) is 6. The van der Waals surface area contributed by atoms with Crippen LogP contribution in [0.3, 0.4) is 0 Å². The lowest BCUT2D eigenvalue weighted by molar-refractivity contribution is 0.159. The van der Waals surface area contributed by atoms with Crippen LogP contribution in [0.4, 0.5) is 4.39 Å². The number of nitrogens with two attached hydrogens (primary N) is 1. The zero-order valence-electron chi connectivity index (χ0n) is 17.4. The Kier molecular flexibility index (Phi) is 6.40. The van der Waals surface area contributed by atoms with Gasteiger partial charge in [-0.1, -0.05) is 47.6 Å². The Morgan fingerprint density at radius 1 is 1.13 bits per heavy atom. The van der Waals surface area contributed by atoms with Crippen LogP contribution in [0.15, 0.2) is 59.1 Å². The maximum absolute atomic E-state index is 13.1. The zero-order chi connectivity index (χ0) is 21.7. The number of benzene rings is 2.